The Bertz CT molecular complexity index is 8210. The molecule has 0 fully saturated rings. The van der Waals surface area contributed by atoms with Crippen molar-refractivity contribution in [2.75, 3.05) is 54.2 Å². The van der Waals surface area contributed by atoms with E-state index < -0.39 is 17.9 Å². The number of aromatic nitrogens is 11. The minimum Gasteiger partial charge on any atom is -0.494 e. The summed E-state index contributed by atoms with van der Waals surface area (Å²) in [6.45, 7) is 30.8. The average Bonchev–Trinajstić information content (AvgIpc) is 1.56. The summed E-state index contributed by atoms with van der Waals surface area (Å²) in [5, 5.41) is 52.1. The van der Waals surface area contributed by atoms with Crippen molar-refractivity contribution in [3.05, 3.63) is 294 Å². The van der Waals surface area contributed by atoms with Gasteiger partial charge in [0, 0.05) is 184 Å². The molecular weight excluding hydrogens is 1960 g/mol. The second kappa shape index (κ2) is 40.0. The van der Waals surface area contributed by atoms with Gasteiger partial charge in [-0.05, 0) is 295 Å². The predicted molar refractivity (Wildman–Crippen MR) is 578 cm³/mol. The van der Waals surface area contributed by atoms with Gasteiger partial charge in [0.15, 0.2) is 0 Å². The van der Waals surface area contributed by atoms with Crippen LogP contribution in [0.1, 0.15) is 192 Å². The average molecular weight is 2070 g/mol. The van der Waals surface area contributed by atoms with Crippen molar-refractivity contribution in [1.29, 1.82) is 0 Å². The van der Waals surface area contributed by atoms with Crippen molar-refractivity contribution in [1.82, 2.24) is 52.2 Å². The molecule has 748 valence electrons. The van der Waals surface area contributed by atoms with Gasteiger partial charge in [-0.3, -0.25) is 28.4 Å². The molecule has 3 N–H and O–H groups in total. The summed E-state index contributed by atoms with van der Waals surface area (Å²) in [6.07, 6.45) is 7.45. The molecule has 3 aliphatic heterocycles. The van der Waals surface area contributed by atoms with Crippen LogP contribution in [0.2, 0.25) is 30.1 Å². The van der Waals surface area contributed by atoms with Crippen molar-refractivity contribution < 1.29 is 58.3 Å². The predicted octanol–water partition coefficient (Wildman–Crippen LogP) is 26.0. The largest absolute Gasteiger partial charge is 0.494 e. The molecule has 3 amide bonds. The monoisotopic (exact) mass is 2070 g/mol. The van der Waals surface area contributed by atoms with Crippen LogP contribution in [0.5, 0.6) is 17.2 Å². The van der Waals surface area contributed by atoms with E-state index in [0.29, 0.717) is 134 Å². The van der Waals surface area contributed by atoms with Crippen molar-refractivity contribution in [3.63, 3.8) is 0 Å². The number of hydrogen-bond donors (Lipinski definition) is 3. The lowest BCUT2D eigenvalue weighted by Crippen LogP contribution is -2.43. The molecule has 0 spiro atoms. The number of carboxylic acid groups (broad SMARTS) is 3. The van der Waals surface area contributed by atoms with E-state index in [-0.39, 0.29) is 46.5 Å². The van der Waals surface area contributed by atoms with E-state index in [2.05, 4.69) is 37.7 Å². The number of amides is 3. The van der Waals surface area contributed by atoms with Crippen LogP contribution < -0.4 is 28.9 Å². The number of anilines is 3. The third-order valence-corrected chi connectivity index (χ3v) is 31.6. The van der Waals surface area contributed by atoms with Gasteiger partial charge in [-0.25, -0.2) is 14.4 Å². The van der Waals surface area contributed by atoms with Crippen LogP contribution in [0.15, 0.2) is 146 Å². The van der Waals surface area contributed by atoms with Crippen molar-refractivity contribution in [2.24, 2.45) is 35.2 Å². The zero-order valence-corrected chi connectivity index (χ0v) is 88.8. The van der Waals surface area contributed by atoms with Crippen molar-refractivity contribution in [3.8, 4) is 50.6 Å². The SMILES string of the molecule is Cc1cc(OCCCc2c3n(c4c(-c5c(C)nn(C)c5C)c(Cl)ccc24)CCN(c2cc(C(=O)O)cc4c2ccn4C)C3=O)cc(C)c1Cl.Cc1cc(OCCCc2c3n(c4c(-c5c(C)nn(C)c5C)c(Cl)ccc24)[C@@H](C)CN(c2cccc(C(=O)O)c2)C3=O)cc(C)c1Cl.Cc1cc(OCCCc2c3n(c4c(-c5c(C)nn(C)c5C)c(Cl)ccc24)[C@H](C)CN(c2cc(C(=O)O)cc4c2ccn4C)C3=O)cc(C)c1Cl. The maximum absolute atomic E-state index is 15.0. The van der Waals surface area contributed by atoms with E-state index in [1.165, 1.54) is 6.07 Å². The normalized spacial score (nSPS) is 14.1. The second-order valence-corrected chi connectivity index (χ2v) is 40.8. The highest BCUT2D eigenvalue weighted by Gasteiger charge is 2.42. The van der Waals surface area contributed by atoms with Crippen LogP contribution in [0.25, 0.3) is 87.9 Å². The summed E-state index contributed by atoms with van der Waals surface area (Å²) in [7, 11) is 9.49. The number of hydrogen-bond acceptors (Lipinski definition) is 12. The highest BCUT2D eigenvalue weighted by atomic mass is 35.5. The highest BCUT2D eigenvalue weighted by molar-refractivity contribution is 6.37. The van der Waals surface area contributed by atoms with Gasteiger partial charge in [0.25, 0.3) is 17.7 Å². The lowest BCUT2D eigenvalue weighted by atomic mass is 9.98. The van der Waals surface area contributed by atoms with Crippen LogP contribution in [0.4, 0.5) is 17.1 Å². The van der Waals surface area contributed by atoms with Gasteiger partial charge in [-0.2, -0.15) is 15.3 Å². The maximum Gasteiger partial charge on any atom is 0.335 e. The van der Waals surface area contributed by atoms with Crippen LogP contribution in [-0.2, 0) is 61.0 Å². The summed E-state index contributed by atoms with van der Waals surface area (Å²) < 4.78 is 34.2. The Labute approximate surface area is 869 Å². The molecule has 9 aromatic carbocycles. The van der Waals surface area contributed by atoms with Crippen LogP contribution in [0, 0.1) is 83.1 Å². The zero-order valence-electron chi connectivity index (χ0n) is 84.2. The Balaban J connectivity index is 0.000000143. The summed E-state index contributed by atoms with van der Waals surface area (Å²) in [6, 6.07) is 40.0. The standard InChI is InChI=1S/C39H39Cl2N5O4.C38H37Cl2N5O4.C36H36Cl2N4O4/c1-20-15-26(16-21(2)35(20)41)50-14-8-9-27-28-10-11-30(40)34(33-23(4)42-44(7)24(33)5)36(28)46-22(3)19-45(38(47)37(27)46)32-18-25(39(48)49)17-31-29(32)12-13-43(31)6;1-20-16-25(17-21(2)34(20)40)49-15-7-8-26-27-9-10-29(39)33(32-22(3)41-43(6)23(32)4)35(27)45-14-13-44(37(46)36(26)45)31-19-24(38(47)48)18-30-28(31)11-12-42(30)5;1-19-15-26(16-20(2)32(19)38)46-14-8-11-27-28-12-13-29(37)31(30-22(4)39-40(6)23(30)5)33(28)42-21(3)18-41(35(43)34(27)42)25-10-7-9-24(17-25)36(44)45/h10-13,15-18,22H,8-9,14,19H2,1-7H3,(H,48,49);9-12,16-19H,7-8,13-15H2,1-6H3,(H,47,48);7,9-10,12-13,15-17,21H,8,11,14,18H2,1-6H3,(H,44,45)/t22-;;21-/m1.0/s1. The number of benzene rings is 9. The Morgan fingerprint density at radius 3 is 1.08 bits per heavy atom. The van der Waals surface area contributed by atoms with Crippen molar-refractivity contribution in [2.45, 2.75) is 154 Å². The number of aryl methyl sites for hydroxylation is 17. The number of halogens is 6. The molecule has 0 unspecified atom stereocenters. The fourth-order valence-corrected chi connectivity index (χ4v) is 22.8. The highest BCUT2D eigenvalue weighted by Crippen LogP contribution is 2.51. The fraction of sp³-hybridized carbons (Fsp3) is 0.301. The van der Waals surface area contributed by atoms with E-state index >= 15 is 0 Å². The lowest BCUT2D eigenvalue weighted by Gasteiger charge is -2.35. The summed E-state index contributed by atoms with van der Waals surface area (Å²) in [4.78, 5) is 85.7. The zero-order chi connectivity index (χ0) is 104. The van der Waals surface area contributed by atoms with E-state index in [1.807, 2.05) is 239 Å². The first-order chi connectivity index (χ1) is 69.0. The number of carbonyl (C=O) groups is 6. The second-order valence-electron chi connectivity index (χ2n) is 38.5. The molecular formula is C113H112Cl6N14O12. The summed E-state index contributed by atoms with van der Waals surface area (Å²) in [5.74, 6) is -1.41. The molecule has 0 saturated heterocycles. The third-order valence-electron chi connectivity index (χ3n) is 28.9. The van der Waals surface area contributed by atoms with E-state index in [9.17, 15) is 44.1 Å². The van der Waals surface area contributed by atoms with Gasteiger partial charge in [-0.15, -0.1) is 0 Å². The van der Waals surface area contributed by atoms with E-state index in [0.717, 1.165) is 204 Å². The number of fused-ring (bicyclic) bond motifs is 11. The van der Waals surface area contributed by atoms with Gasteiger partial charge in [0.1, 0.15) is 34.3 Å². The topological polar surface area (TPSA) is 279 Å². The Kier molecular flexibility index (Phi) is 28.0. The first kappa shape index (κ1) is 101. The van der Waals surface area contributed by atoms with Crippen LogP contribution in [-0.4, -0.2) is 143 Å². The molecule has 32 heteroatoms. The molecule has 0 saturated carbocycles. The summed E-state index contributed by atoms with van der Waals surface area (Å²) in [5.41, 5.74) is 27.4. The van der Waals surface area contributed by atoms with Gasteiger partial charge < -0.3 is 67.1 Å². The number of carbonyl (C=O) groups excluding carboxylic acids is 3. The molecule has 20 rings (SSSR count). The smallest absolute Gasteiger partial charge is 0.335 e. The molecule has 0 radical (unpaired) electrons. The van der Waals surface area contributed by atoms with Gasteiger partial charge in [0.05, 0.1) is 108 Å². The quantitative estimate of drug-likeness (QED) is 0.0474. The minimum absolute atomic E-state index is 0.127. The van der Waals surface area contributed by atoms with Gasteiger partial charge >= 0.3 is 17.9 Å². The molecule has 26 nitrogen and oxygen atoms in total. The van der Waals surface area contributed by atoms with E-state index in [4.69, 9.17) is 88.9 Å². The van der Waals surface area contributed by atoms with Crippen molar-refractivity contribution >= 4 is 177 Å². The number of rotatable bonds is 24. The first-order valence-electron chi connectivity index (χ1n) is 48.2. The Morgan fingerprint density at radius 1 is 0.372 bits per heavy atom. The molecule has 3 aliphatic rings. The number of nitrogens with zero attached hydrogens (tertiary/aromatic N) is 14. The van der Waals surface area contributed by atoms with E-state index in [1.54, 1.807) is 57.2 Å². The molecule has 0 bridgehead atoms. The number of ether oxygens (including phenoxy) is 3. The number of carboxylic acids is 3. The number of aromatic carboxylic acids is 3. The van der Waals surface area contributed by atoms with Gasteiger partial charge in [0.2, 0.25) is 0 Å². The van der Waals surface area contributed by atoms with Crippen LogP contribution >= 0.6 is 69.6 Å². The Hall–Kier alpha value is -13.7. The van der Waals surface area contributed by atoms with Gasteiger partial charge in [-0.1, -0.05) is 93.9 Å². The minimum atomic E-state index is -1.05. The summed E-state index contributed by atoms with van der Waals surface area (Å²) >= 11 is 40.2. The molecule has 0 aliphatic carbocycles. The Morgan fingerprint density at radius 2 is 0.710 bits per heavy atom. The first-order valence-corrected chi connectivity index (χ1v) is 50.5. The molecule has 145 heavy (non-hydrogen) atoms. The molecule has 17 aromatic rings. The molecule has 8 aromatic heterocycles. The third kappa shape index (κ3) is 18.2. The van der Waals surface area contributed by atoms with Crippen LogP contribution in [0.3, 0.4) is 0 Å². The maximum atomic E-state index is 15.0. The molecule has 2 atom stereocenters. The lowest BCUT2D eigenvalue weighted by molar-refractivity contribution is 0.0686. The molecule has 11 heterocycles. The fourth-order valence-electron chi connectivity index (χ4n) is 21.8.